The number of hydrogen-bond donors (Lipinski definition) is 1. The van der Waals surface area contributed by atoms with Crippen LogP contribution in [-0.2, 0) is 11.3 Å². The van der Waals surface area contributed by atoms with Crippen LogP contribution in [0.1, 0.15) is 17.0 Å². The monoisotopic (exact) mass is 481 g/mol. The summed E-state index contributed by atoms with van der Waals surface area (Å²) in [5, 5.41) is 10.8. The molecule has 5 rings (SSSR count). The number of aromatic nitrogens is 1. The molecule has 2 aliphatic rings. The van der Waals surface area contributed by atoms with Crippen molar-refractivity contribution >= 4 is 26.8 Å². The Kier molecular flexibility index (Phi) is 4.80. The fraction of sp³-hybridized carbons (Fsp3) is 0.261. The van der Waals surface area contributed by atoms with Gasteiger partial charge in [0.2, 0.25) is 5.88 Å². The van der Waals surface area contributed by atoms with Crippen molar-refractivity contribution in [3.8, 4) is 23.3 Å². The van der Waals surface area contributed by atoms with E-state index in [0.717, 1.165) is 39.7 Å². The van der Waals surface area contributed by atoms with E-state index < -0.39 is 5.92 Å². The summed E-state index contributed by atoms with van der Waals surface area (Å²) in [6, 6.07) is 12.1. The van der Waals surface area contributed by atoms with Gasteiger partial charge in [0.1, 0.15) is 17.4 Å². The lowest BCUT2D eigenvalue weighted by Crippen LogP contribution is -2.21. The molecule has 2 N–H and O–H groups in total. The predicted octanol–water partition coefficient (Wildman–Crippen LogP) is 4.04. The highest BCUT2D eigenvalue weighted by Crippen LogP contribution is 2.48. The van der Waals surface area contributed by atoms with Crippen LogP contribution < -0.4 is 19.9 Å². The number of halogens is 1. The quantitative estimate of drug-likeness (QED) is 0.552. The number of nitrogens with zero attached hydrogens (tertiary/aromatic N) is 2. The lowest BCUT2D eigenvalue weighted by atomic mass is 9.83. The van der Waals surface area contributed by atoms with Crippen molar-refractivity contribution < 1.29 is 18.9 Å². The minimum absolute atomic E-state index is 0.108. The average molecular weight is 482 g/mol. The lowest BCUT2D eigenvalue weighted by Gasteiger charge is -2.27. The predicted molar refractivity (Wildman–Crippen MR) is 118 cm³/mol. The zero-order valence-corrected chi connectivity index (χ0v) is 18.6. The van der Waals surface area contributed by atoms with Crippen LogP contribution in [0.4, 0.5) is 0 Å². The van der Waals surface area contributed by atoms with E-state index >= 15 is 0 Å². The van der Waals surface area contributed by atoms with Crippen LogP contribution in [0.15, 0.2) is 52.5 Å². The van der Waals surface area contributed by atoms with Gasteiger partial charge in [0.15, 0.2) is 11.5 Å². The van der Waals surface area contributed by atoms with Crippen LogP contribution in [0, 0.1) is 11.3 Å². The van der Waals surface area contributed by atoms with Crippen molar-refractivity contribution in [1.29, 1.82) is 5.26 Å². The van der Waals surface area contributed by atoms with Gasteiger partial charge < -0.3 is 29.2 Å². The third-order valence-corrected chi connectivity index (χ3v) is 6.31. The molecule has 158 valence electrons. The molecule has 0 spiro atoms. The Balaban J connectivity index is 1.69. The Labute approximate surface area is 187 Å². The molecule has 0 amide bonds. The number of allylic oxidation sites excluding steroid dienone is 1. The Bertz CT molecular complexity index is 1270. The van der Waals surface area contributed by atoms with E-state index in [9.17, 15) is 5.26 Å². The molecule has 0 saturated carbocycles. The van der Waals surface area contributed by atoms with Gasteiger partial charge in [-0.15, -0.1) is 0 Å². The second-order valence-corrected chi connectivity index (χ2v) is 8.36. The Morgan fingerprint density at radius 3 is 2.74 bits per heavy atom. The molecule has 2 aliphatic heterocycles. The van der Waals surface area contributed by atoms with E-state index in [4.69, 9.17) is 24.7 Å². The zero-order valence-electron chi connectivity index (χ0n) is 17.0. The maximum absolute atomic E-state index is 9.89. The Morgan fingerprint density at radius 1 is 1.26 bits per heavy atom. The van der Waals surface area contributed by atoms with Crippen LogP contribution in [0.25, 0.3) is 10.9 Å². The fourth-order valence-electron chi connectivity index (χ4n) is 4.19. The number of fused-ring (bicyclic) bond motifs is 3. The second kappa shape index (κ2) is 7.52. The van der Waals surface area contributed by atoms with Gasteiger partial charge in [-0.25, -0.2) is 0 Å². The van der Waals surface area contributed by atoms with Gasteiger partial charge in [-0.1, -0.05) is 6.07 Å². The minimum Gasteiger partial charge on any atom is -0.493 e. The Hall–Kier alpha value is -3.15. The van der Waals surface area contributed by atoms with Gasteiger partial charge in [-0.05, 0) is 45.8 Å². The summed E-state index contributed by atoms with van der Waals surface area (Å²) in [6.07, 6.45) is 2.29. The van der Waals surface area contributed by atoms with E-state index in [1.807, 2.05) is 30.5 Å². The first kappa shape index (κ1) is 19.8. The van der Waals surface area contributed by atoms with Crippen molar-refractivity contribution in [3.05, 3.63) is 63.6 Å². The molecule has 0 bridgehead atoms. The molecule has 1 saturated heterocycles. The molecule has 1 aromatic heterocycles. The molecule has 2 atom stereocenters. The Morgan fingerprint density at radius 2 is 2.06 bits per heavy atom. The van der Waals surface area contributed by atoms with Crippen LogP contribution in [0.3, 0.4) is 0 Å². The van der Waals surface area contributed by atoms with Crippen molar-refractivity contribution in [3.63, 3.8) is 0 Å². The summed E-state index contributed by atoms with van der Waals surface area (Å²) in [4.78, 5) is 0. The summed E-state index contributed by atoms with van der Waals surface area (Å²) in [5.41, 5.74) is 9.34. The molecule has 2 aromatic carbocycles. The lowest BCUT2D eigenvalue weighted by molar-refractivity contribution is 0.352. The maximum Gasteiger partial charge on any atom is 0.205 e. The average Bonchev–Trinajstić information content (AvgIpc) is 3.49. The minimum atomic E-state index is -0.399. The summed E-state index contributed by atoms with van der Waals surface area (Å²) in [5.74, 6) is 1.53. The zero-order chi connectivity index (χ0) is 21.7. The molecule has 1 fully saturated rings. The van der Waals surface area contributed by atoms with E-state index in [1.165, 1.54) is 0 Å². The normalized spacial score (nSPS) is 19.5. The fourth-order valence-corrected chi connectivity index (χ4v) is 4.81. The maximum atomic E-state index is 9.89. The highest BCUT2D eigenvalue weighted by atomic mass is 79.9. The summed E-state index contributed by atoms with van der Waals surface area (Å²) < 4.78 is 25.2. The highest BCUT2D eigenvalue weighted by molar-refractivity contribution is 9.10. The smallest absolute Gasteiger partial charge is 0.205 e. The number of methoxy groups -OCH3 is 2. The number of rotatable bonds is 5. The van der Waals surface area contributed by atoms with Gasteiger partial charge in [-0.3, -0.25) is 0 Å². The van der Waals surface area contributed by atoms with E-state index in [-0.39, 0.29) is 12.0 Å². The number of benzene rings is 2. The molecule has 31 heavy (non-hydrogen) atoms. The van der Waals surface area contributed by atoms with Gasteiger partial charge in [0, 0.05) is 17.1 Å². The molecular weight excluding hydrogens is 462 g/mol. The van der Waals surface area contributed by atoms with Gasteiger partial charge >= 0.3 is 0 Å². The summed E-state index contributed by atoms with van der Waals surface area (Å²) >= 11 is 3.55. The first-order valence-electron chi connectivity index (χ1n) is 9.78. The van der Waals surface area contributed by atoms with Gasteiger partial charge in [0.25, 0.3) is 0 Å². The molecule has 7 nitrogen and oxygen atoms in total. The molecule has 2 unspecified atom stereocenters. The van der Waals surface area contributed by atoms with Crippen molar-refractivity contribution in [1.82, 2.24) is 4.57 Å². The van der Waals surface area contributed by atoms with Gasteiger partial charge in [0.05, 0.1) is 49.4 Å². The number of ether oxygens (including phenoxy) is 4. The standard InChI is InChI=1S/C23H20BrN3O4/c1-28-19-8-12(7-17(24)22(19)29-2)20-15-3-4-18-14(5-6-27(18)10-13-11-30-13)21(15)31-23(26)16(20)9-25/h3-8,13,20H,10-11,26H2,1-2H3. The highest BCUT2D eigenvalue weighted by Gasteiger charge is 2.33. The number of nitrogens with two attached hydrogens (primary N) is 1. The third-order valence-electron chi connectivity index (χ3n) is 5.72. The van der Waals surface area contributed by atoms with Crippen molar-refractivity contribution in [2.24, 2.45) is 5.73 Å². The molecule has 3 aromatic rings. The van der Waals surface area contributed by atoms with Crippen molar-refractivity contribution in [2.45, 2.75) is 18.6 Å². The molecule has 3 heterocycles. The molecule has 0 radical (unpaired) electrons. The van der Waals surface area contributed by atoms with Crippen LogP contribution in [-0.4, -0.2) is 31.5 Å². The second-order valence-electron chi connectivity index (χ2n) is 7.50. The van der Waals surface area contributed by atoms with E-state index in [0.29, 0.717) is 22.8 Å². The molecule has 8 heteroatoms. The SMILES string of the molecule is COc1cc(C2C(C#N)=C(N)Oc3c2ccc2c3ccn2CC2CO2)cc(Br)c1OC. The number of epoxide rings is 1. The van der Waals surface area contributed by atoms with E-state index in [2.05, 4.69) is 32.6 Å². The summed E-state index contributed by atoms with van der Waals surface area (Å²) in [7, 11) is 3.16. The van der Waals surface area contributed by atoms with Crippen molar-refractivity contribution in [2.75, 3.05) is 20.8 Å². The summed E-state index contributed by atoms with van der Waals surface area (Å²) in [6.45, 7) is 1.59. The van der Waals surface area contributed by atoms with Crippen LogP contribution >= 0.6 is 15.9 Å². The molecular formula is C23H20BrN3O4. The first-order chi connectivity index (χ1) is 15.0. The van der Waals surface area contributed by atoms with Crippen LogP contribution in [0.2, 0.25) is 0 Å². The molecule has 0 aliphatic carbocycles. The first-order valence-corrected chi connectivity index (χ1v) is 10.6. The number of hydrogen-bond acceptors (Lipinski definition) is 6. The third kappa shape index (κ3) is 3.21. The topological polar surface area (TPSA) is 95.0 Å². The largest absolute Gasteiger partial charge is 0.493 e. The number of nitriles is 1. The van der Waals surface area contributed by atoms with E-state index in [1.54, 1.807) is 14.2 Å². The van der Waals surface area contributed by atoms with Gasteiger partial charge in [-0.2, -0.15) is 5.26 Å². The van der Waals surface area contributed by atoms with Crippen LogP contribution in [0.5, 0.6) is 17.2 Å².